The third-order valence-corrected chi connectivity index (χ3v) is 4.70. The normalized spacial score (nSPS) is 11.5. The van der Waals surface area contributed by atoms with Crippen molar-refractivity contribution in [1.29, 1.82) is 0 Å². The molecular formula is C23H16F3N3O2. The van der Waals surface area contributed by atoms with Crippen LogP contribution in [0.15, 0.2) is 83.7 Å². The Kier molecular flexibility index (Phi) is 5.29. The monoisotopic (exact) mass is 423 g/mol. The molecule has 0 aliphatic carbocycles. The van der Waals surface area contributed by atoms with Crippen LogP contribution < -0.4 is 10.9 Å². The first kappa shape index (κ1) is 20.3. The maximum absolute atomic E-state index is 13.1. The lowest BCUT2D eigenvalue weighted by molar-refractivity contribution is -0.137. The molecule has 0 aliphatic heterocycles. The number of carbonyl (C=O) groups is 1. The van der Waals surface area contributed by atoms with Crippen molar-refractivity contribution in [3.05, 3.63) is 106 Å². The first-order chi connectivity index (χ1) is 14.8. The molecule has 1 heterocycles. The fraction of sp³-hybridized carbons (Fsp3) is 0.0870. The molecule has 0 bridgehead atoms. The van der Waals surface area contributed by atoms with Crippen LogP contribution in [0.5, 0.6) is 0 Å². The van der Waals surface area contributed by atoms with Crippen LogP contribution in [0.3, 0.4) is 0 Å². The number of nitrogens with one attached hydrogen (secondary N) is 1. The Morgan fingerprint density at radius 2 is 1.65 bits per heavy atom. The van der Waals surface area contributed by atoms with Gasteiger partial charge in [-0.3, -0.25) is 9.59 Å². The highest BCUT2D eigenvalue weighted by atomic mass is 19.4. The lowest BCUT2D eigenvalue weighted by Gasteiger charge is -2.13. The van der Waals surface area contributed by atoms with Gasteiger partial charge >= 0.3 is 6.18 Å². The third-order valence-electron chi connectivity index (χ3n) is 4.70. The third kappa shape index (κ3) is 4.32. The number of benzene rings is 3. The molecule has 1 N–H and O–H groups in total. The van der Waals surface area contributed by atoms with Gasteiger partial charge in [-0.1, -0.05) is 48.5 Å². The van der Waals surface area contributed by atoms with Crippen LogP contribution in [0.4, 0.5) is 18.9 Å². The van der Waals surface area contributed by atoms with Crippen molar-refractivity contribution < 1.29 is 18.0 Å². The molecule has 3 aromatic carbocycles. The minimum Gasteiger partial charge on any atom is -0.320 e. The highest BCUT2D eigenvalue weighted by molar-refractivity contribution is 6.03. The quantitative estimate of drug-likeness (QED) is 0.517. The average molecular weight is 423 g/mol. The number of amides is 1. The predicted octanol–water partition coefficient (Wildman–Crippen LogP) is 4.72. The van der Waals surface area contributed by atoms with Gasteiger partial charge in [0, 0.05) is 5.69 Å². The number of fused-ring (bicyclic) bond motifs is 1. The van der Waals surface area contributed by atoms with E-state index in [4.69, 9.17) is 0 Å². The molecule has 1 aromatic heterocycles. The van der Waals surface area contributed by atoms with Crippen molar-refractivity contribution in [2.45, 2.75) is 12.7 Å². The van der Waals surface area contributed by atoms with Gasteiger partial charge in [0.2, 0.25) is 0 Å². The molecule has 31 heavy (non-hydrogen) atoms. The second kappa shape index (κ2) is 8.06. The van der Waals surface area contributed by atoms with E-state index in [0.717, 1.165) is 17.7 Å². The molecule has 0 fully saturated rings. The summed E-state index contributed by atoms with van der Waals surface area (Å²) >= 11 is 0. The number of carbonyl (C=O) groups excluding carboxylic acids is 1. The minimum atomic E-state index is -4.55. The molecule has 0 atom stereocenters. The van der Waals surface area contributed by atoms with Gasteiger partial charge in [0.1, 0.15) is 0 Å². The van der Waals surface area contributed by atoms with Crippen LogP contribution >= 0.6 is 0 Å². The number of rotatable bonds is 4. The van der Waals surface area contributed by atoms with E-state index in [9.17, 15) is 22.8 Å². The highest BCUT2D eigenvalue weighted by Crippen LogP contribution is 2.30. The molecule has 0 radical (unpaired) electrons. The number of aromatic nitrogens is 2. The van der Waals surface area contributed by atoms with E-state index >= 15 is 0 Å². The molecule has 4 aromatic rings. The van der Waals surface area contributed by atoms with Crippen molar-refractivity contribution in [2.75, 3.05) is 5.32 Å². The Bertz CT molecular complexity index is 1320. The largest absolute Gasteiger partial charge is 0.416 e. The lowest BCUT2D eigenvalue weighted by atomic mass is 10.2. The first-order valence-corrected chi connectivity index (χ1v) is 9.35. The van der Waals surface area contributed by atoms with Crippen LogP contribution in [-0.4, -0.2) is 15.5 Å². The summed E-state index contributed by atoms with van der Waals surface area (Å²) in [5, 5.41) is 2.35. The lowest BCUT2D eigenvalue weighted by Crippen LogP contribution is -2.31. The van der Waals surface area contributed by atoms with Gasteiger partial charge in [-0.25, -0.2) is 4.98 Å². The predicted molar refractivity (Wildman–Crippen MR) is 111 cm³/mol. The van der Waals surface area contributed by atoms with Crippen LogP contribution in [0.1, 0.15) is 21.6 Å². The van der Waals surface area contributed by atoms with Gasteiger partial charge in [-0.2, -0.15) is 13.2 Å². The SMILES string of the molecule is O=C(Nc1cccc(C(F)(F)F)c1)c1nc2ccccc2n(Cc2ccccc2)c1=O. The molecule has 1 amide bonds. The van der Waals surface area contributed by atoms with Gasteiger partial charge in [0.05, 0.1) is 23.1 Å². The van der Waals surface area contributed by atoms with E-state index in [1.54, 1.807) is 24.3 Å². The molecule has 156 valence electrons. The maximum atomic E-state index is 13.1. The van der Waals surface area contributed by atoms with Gasteiger partial charge in [0.15, 0.2) is 5.69 Å². The second-order valence-corrected chi connectivity index (χ2v) is 6.86. The summed E-state index contributed by atoms with van der Waals surface area (Å²) in [6, 6.07) is 20.3. The number of halogens is 3. The summed E-state index contributed by atoms with van der Waals surface area (Å²) in [4.78, 5) is 30.1. The van der Waals surface area contributed by atoms with Crippen molar-refractivity contribution in [3.8, 4) is 0 Å². The standard InChI is InChI=1S/C23H16F3N3O2/c24-23(25,26)16-9-6-10-17(13-16)27-21(30)20-22(31)29(14-15-7-2-1-3-8-15)19-12-5-4-11-18(19)28-20/h1-13H,14H2,(H,27,30). The minimum absolute atomic E-state index is 0.0798. The van der Waals surface area contributed by atoms with Crippen LogP contribution in [0, 0.1) is 0 Å². The molecule has 0 unspecified atom stereocenters. The Morgan fingerprint density at radius 3 is 2.39 bits per heavy atom. The van der Waals surface area contributed by atoms with E-state index in [2.05, 4.69) is 10.3 Å². The number of hydrogen-bond donors (Lipinski definition) is 1. The Hall–Kier alpha value is -3.94. The summed E-state index contributed by atoms with van der Waals surface area (Å²) in [5.41, 5.74) is -0.189. The zero-order valence-corrected chi connectivity index (χ0v) is 16.1. The summed E-state index contributed by atoms with van der Waals surface area (Å²) in [7, 11) is 0. The van der Waals surface area contributed by atoms with E-state index in [0.29, 0.717) is 11.0 Å². The van der Waals surface area contributed by atoms with E-state index < -0.39 is 28.9 Å². The smallest absolute Gasteiger partial charge is 0.320 e. The Morgan fingerprint density at radius 1 is 0.935 bits per heavy atom. The fourth-order valence-corrected chi connectivity index (χ4v) is 3.23. The number of anilines is 1. The van der Waals surface area contributed by atoms with Crippen LogP contribution in [0.2, 0.25) is 0 Å². The summed E-state index contributed by atoms with van der Waals surface area (Å²) in [6.45, 7) is 0.215. The number of nitrogens with zero attached hydrogens (tertiary/aromatic N) is 2. The highest BCUT2D eigenvalue weighted by Gasteiger charge is 2.30. The fourth-order valence-electron chi connectivity index (χ4n) is 3.23. The molecule has 0 saturated heterocycles. The average Bonchev–Trinajstić information content (AvgIpc) is 2.76. The molecule has 0 saturated carbocycles. The van der Waals surface area contributed by atoms with E-state index in [-0.39, 0.29) is 12.2 Å². The van der Waals surface area contributed by atoms with Gasteiger partial charge in [-0.05, 0) is 35.9 Å². The topological polar surface area (TPSA) is 64.0 Å². The maximum Gasteiger partial charge on any atom is 0.416 e. The second-order valence-electron chi connectivity index (χ2n) is 6.86. The molecule has 0 spiro atoms. The molecular weight excluding hydrogens is 407 g/mol. The Balaban J connectivity index is 1.75. The van der Waals surface area contributed by atoms with Crippen LogP contribution in [0.25, 0.3) is 11.0 Å². The summed E-state index contributed by atoms with van der Waals surface area (Å²) in [6.07, 6.45) is -4.55. The molecule has 8 heteroatoms. The number of hydrogen-bond acceptors (Lipinski definition) is 3. The van der Waals surface area contributed by atoms with Gasteiger partial charge in [-0.15, -0.1) is 0 Å². The van der Waals surface area contributed by atoms with Crippen molar-refractivity contribution in [2.24, 2.45) is 0 Å². The van der Waals surface area contributed by atoms with Crippen LogP contribution in [-0.2, 0) is 12.7 Å². The molecule has 5 nitrogen and oxygen atoms in total. The van der Waals surface area contributed by atoms with Crippen molar-refractivity contribution >= 4 is 22.6 Å². The summed E-state index contributed by atoms with van der Waals surface area (Å²) < 4.78 is 40.3. The Labute approximate surface area is 174 Å². The van der Waals surface area contributed by atoms with Gasteiger partial charge < -0.3 is 9.88 Å². The van der Waals surface area contributed by atoms with E-state index in [1.165, 1.54) is 16.7 Å². The van der Waals surface area contributed by atoms with Crippen molar-refractivity contribution in [3.63, 3.8) is 0 Å². The van der Waals surface area contributed by atoms with Gasteiger partial charge in [0.25, 0.3) is 11.5 Å². The number of alkyl halides is 3. The van der Waals surface area contributed by atoms with Crippen molar-refractivity contribution in [1.82, 2.24) is 9.55 Å². The zero-order valence-electron chi connectivity index (χ0n) is 16.1. The molecule has 0 aliphatic rings. The molecule has 4 rings (SSSR count). The van der Waals surface area contributed by atoms with E-state index in [1.807, 2.05) is 30.3 Å². The zero-order chi connectivity index (χ0) is 22.0. The summed E-state index contributed by atoms with van der Waals surface area (Å²) in [5.74, 6) is -0.878. The number of para-hydroxylation sites is 2. The first-order valence-electron chi connectivity index (χ1n) is 9.35.